The smallest absolute Gasteiger partial charge is 0.452 e. The first-order chi connectivity index (χ1) is 13.5. The number of para-hydroxylation sites is 2. The highest BCUT2D eigenvalue weighted by Gasteiger charge is 2.23. The highest BCUT2D eigenvalue weighted by atomic mass is 16.6. The molecule has 0 aliphatic rings. The third-order valence-corrected chi connectivity index (χ3v) is 4.24. The van der Waals surface area contributed by atoms with Crippen LogP contribution in [0.1, 0.15) is 12.6 Å². The molecule has 0 spiro atoms. The van der Waals surface area contributed by atoms with Crippen molar-refractivity contribution in [1.29, 1.82) is 0 Å². The van der Waals surface area contributed by atoms with Gasteiger partial charge in [0.1, 0.15) is 16.7 Å². The number of aromatic nitrogens is 5. The summed E-state index contributed by atoms with van der Waals surface area (Å²) < 4.78 is 6.26. The van der Waals surface area contributed by atoms with Gasteiger partial charge in [-0.2, -0.15) is 4.73 Å². The summed E-state index contributed by atoms with van der Waals surface area (Å²) in [5.74, 6) is 0.103. The minimum atomic E-state index is -0.677. The van der Waals surface area contributed by atoms with E-state index in [-0.39, 0.29) is 29.2 Å². The number of carbonyl (C=O) groups is 1. The third kappa shape index (κ3) is 2.80. The van der Waals surface area contributed by atoms with Crippen LogP contribution in [-0.4, -0.2) is 27.7 Å². The van der Waals surface area contributed by atoms with Crippen molar-refractivity contribution < 1.29 is 19.0 Å². The van der Waals surface area contributed by atoms with Gasteiger partial charge in [0.05, 0.1) is 6.61 Å². The van der Waals surface area contributed by atoms with Gasteiger partial charge in [-0.15, -0.1) is 10.2 Å². The first kappa shape index (κ1) is 17.5. The molecule has 0 aliphatic heterocycles. The molecule has 0 bridgehead atoms. The van der Waals surface area contributed by atoms with Gasteiger partial charge in [-0.1, -0.05) is 16.9 Å². The largest absolute Gasteiger partial charge is 0.710 e. The molecule has 0 aliphatic carbocycles. The van der Waals surface area contributed by atoms with Crippen molar-refractivity contribution in [3.8, 4) is 0 Å². The molecule has 10 nitrogen and oxygen atoms in total. The Hall–Kier alpha value is -3.95. The predicted octanol–water partition coefficient (Wildman–Crippen LogP) is 1.91. The number of nitrogens with one attached hydrogen (secondary N) is 1. The van der Waals surface area contributed by atoms with Gasteiger partial charge in [-0.05, 0) is 25.1 Å². The molecule has 28 heavy (non-hydrogen) atoms. The lowest BCUT2D eigenvalue weighted by Crippen LogP contribution is -2.43. The third-order valence-electron chi connectivity index (χ3n) is 4.24. The van der Waals surface area contributed by atoms with Gasteiger partial charge in [0.2, 0.25) is 5.52 Å². The second kappa shape index (κ2) is 6.65. The van der Waals surface area contributed by atoms with Crippen LogP contribution >= 0.6 is 0 Å². The lowest BCUT2D eigenvalue weighted by Gasteiger charge is -2.14. The Morgan fingerprint density at radius 3 is 2.50 bits per heavy atom. The average molecular weight is 380 g/mol. The van der Waals surface area contributed by atoms with E-state index in [0.717, 1.165) is 4.80 Å². The van der Waals surface area contributed by atoms with E-state index in [0.29, 0.717) is 26.2 Å². The lowest BCUT2D eigenvalue weighted by atomic mass is 10.2. The van der Waals surface area contributed by atoms with Crippen molar-refractivity contribution in [3.63, 3.8) is 0 Å². The van der Waals surface area contributed by atoms with Gasteiger partial charge in [0.25, 0.3) is 11.2 Å². The van der Waals surface area contributed by atoms with Crippen LogP contribution in [0, 0.1) is 17.3 Å². The van der Waals surface area contributed by atoms with E-state index in [2.05, 4.69) is 15.5 Å². The van der Waals surface area contributed by atoms with E-state index in [9.17, 15) is 15.2 Å². The first-order valence-electron chi connectivity index (χ1n) is 8.55. The van der Waals surface area contributed by atoms with Crippen LogP contribution in [-0.2, 0) is 4.74 Å². The van der Waals surface area contributed by atoms with Gasteiger partial charge in [-0.25, -0.2) is 14.8 Å². The average Bonchev–Trinajstić information content (AvgIpc) is 3.13. The standard InChI is InChI=1S/C18H16N6O4/c1-3-28-18(25)24-20-13-9-8-12(10-14(13)21-24)19-17-11(2)22(26)15-6-4-5-7-16(15)23(17)27/h4-10,19H,3H2,1-2H3. The Morgan fingerprint density at radius 1 is 1.11 bits per heavy atom. The molecule has 2 aromatic heterocycles. The fourth-order valence-electron chi connectivity index (χ4n) is 2.89. The molecule has 0 saturated heterocycles. The number of hydrogen-bond acceptors (Lipinski definition) is 7. The van der Waals surface area contributed by atoms with Crippen LogP contribution in [0.5, 0.6) is 0 Å². The summed E-state index contributed by atoms with van der Waals surface area (Å²) in [7, 11) is 0. The lowest BCUT2D eigenvalue weighted by molar-refractivity contribution is -0.623. The zero-order valence-electron chi connectivity index (χ0n) is 15.1. The van der Waals surface area contributed by atoms with E-state index in [4.69, 9.17) is 4.74 Å². The SMILES string of the molecule is CCOC(=O)n1nc2ccc(Nc3c(C)[n+]([O-])c4ccccc4[n+]3[O-])cc2n1. The summed E-state index contributed by atoms with van der Waals surface area (Å²) in [6.45, 7) is 3.46. The molecule has 142 valence electrons. The molecule has 0 amide bonds. The van der Waals surface area contributed by atoms with E-state index in [1.807, 2.05) is 0 Å². The van der Waals surface area contributed by atoms with Crippen LogP contribution in [0.25, 0.3) is 22.1 Å². The number of benzene rings is 2. The Labute approximate surface area is 158 Å². The van der Waals surface area contributed by atoms with Crippen LogP contribution in [0.15, 0.2) is 42.5 Å². The normalized spacial score (nSPS) is 11.1. The molecular weight excluding hydrogens is 364 g/mol. The van der Waals surface area contributed by atoms with Crippen molar-refractivity contribution in [2.45, 2.75) is 13.8 Å². The molecule has 0 radical (unpaired) electrons. The van der Waals surface area contributed by atoms with E-state index in [1.54, 1.807) is 56.3 Å². The zero-order chi connectivity index (χ0) is 19.8. The van der Waals surface area contributed by atoms with Crippen LogP contribution < -0.4 is 14.8 Å². The molecule has 2 heterocycles. The van der Waals surface area contributed by atoms with Gasteiger partial charge >= 0.3 is 11.9 Å². The molecule has 10 heteroatoms. The molecule has 0 saturated carbocycles. The second-order valence-corrected chi connectivity index (χ2v) is 6.03. The van der Waals surface area contributed by atoms with Gasteiger partial charge in [0.15, 0.2) is 0 Å². The number of fused-ring (bicyclic) bond motifs is 2. The van der Waals surface area contributed by atoms with E-state index < -0.39 is 6.09 Å². The van der Waals surface area contributed by atoms with Crippen molar-refractivity contribution in [2.75, 3.05) is 11.9 Å². The second-order valence-electron chi connectivity index (χ2n) is 6.03. The van der Waals surface area contributed by atoms with E-state index >= 15 is 0 Å². The number of nitrogens with zero attached hydrogens (tertiary/aromatic N) is 5. The predicted molar refractivity (Wildman–Crippen MR) is 99.8 cm³/mol. The molecule has 4 aromatic rings. The summed E-state index contributed by atoms with van der Waals surface area (Å²) >= 11 is 0. The number of hydrogen-bond donors (Lipinski definition) is 1. The van der Waals surface area contributed by atoms with Crippen molar-refractivity contribution >= 4 is 39.7 Å². The Kier molecular flexibility index (Phi) is 4.15. The minimum Gasteiger partial charge on any atom is -0.710 e. The Morgan fingerprint density at radius 2 is 1.79 bits per heavy atom. The fourth-order valence-corrected chi connectivity index (χ4v) is 2.89. The van der Waals surface area contributed by atoms with E-state index in [1.165, 1.54) is 0 Å². The molecule has 1 N–H and O–H groups in total. The molecule has 4 rings (SSSR count). The topological polar surface area (TPSA) is 123 Å². The number of rotatable bonds is 3. The maximum Gasteiger partial charge on any atom is 0.452 e. The molecule has 0 unspecified atom stereocenters. The summed E-state index contributed by atoms with van der Waals surface area (Å²) in [5, 5.41) is 36.3. The summed E-state index contributed by atoms with van der Waals surface area (Å²) in [4.78, 5) is 12.6. The number of carbonyl (C=O) groups excluding carboxylic acids is 1. The number of ether oxygens (including phenoxy) is 1. The quantitative estimate of drug-likeness (QED) is 0.425. The van der Waals surface area contributed by atoms with Gasteiger partial charge < -0.3 is 15.2 Å². The maximum absolute atomic E-state index is 12.7. The zero-order valence-corrected chi connectivity index (χ0v) is 15.1. The van der Waals surface area contributed by atoms with Crippen LogP contribution in [0.4, 0.5) is 16.3 Å². The van der Waals surface area contributed by atoms with Crippen molar-refractivity contribution in [2.24, 2.45) is 0 Å². The Bertz CT molecular complexity index is 1220. The van der Waals surface area contributed by atoms with Gasteiger partial charge in [-0.3, -0.25) is 0 Å². The summed E-state index contributed by atoms with van der Waals surface area (Å²) in [5.41, 5.74) is 2.20. The highest BCUT2D eigenvalue weighted by molar-refractivity contribution is 5.81. The highest BCUT2D eigenvalue weighted by Crippen LogP contribution is 2.21. The minimum absolute atomic E-state index is 0.103. The first-order valence-corrected chi connectivity index (χ1v) is 8.55. The van der Waals surface area contributed by atoms with Crippen molar-refractivity contribution in [3.05, 3.63) is 58.6 Å². The Balaban J connectivity index is 1.75. The monoisotopic (exact) mass is 380 g/mol. The molecule has 0 fully saturated rings. The van der Waals surface area contributed by atoms with Crippen molar-refractivity contribution in [1.82, 2.24) is 15.0 Å². The summed E-state index contributed by atoms with van der Waals surface area (Å²) in [6.07, 6.45) is -0.677. The maximum atomic E-state index is 12.7. The number of anilines is 2. The fraction of sp³-hybridized carbons (Fsp3) is 0.167. The van der Waals surface area contributed by atoms with Crippen LogP contribution in [0.2, 0.25) is 0 Å². The van der Waals surface area contributed by atoms with Crippen LogP contribution in [0.3, 0.4) is 0 Å². The molecular formula is C18H16N6O4. The van der Waals surface area contributed by atoms with Gasteiger partial charge in [0, 0.05) is 19.1 Å². The summed E-state index contributed by atoms with van der Waals surface area (Å²) in [6, 6.07) is 11.5. The molecule has 0 atom stereocenters. The molecule has 2 aromatic carbocycles.